The second-order valence-corrected chi connectivity index (χ2v) is 6.39. The van der Waals surface area contributed by atoms with Crippen LogP contribution in [0.25, 0.3) is 11.4 Å². The predicted octanol–water partition coefficient (Wildman–Crippen LogP) is 2.18. The number of nitrogens with zero attached hydrogens (tertiary/aromatic N) is 3. The third kappa shape index (κ3) is 3.09. The second-order valence-electron chi connectivity index (χ2n) is 6.39. The Balaban J connectivity index is 1.65. The summed E-state index contributed by atoms with van der Waals surface area (Å²) in [5, 5.41) is 16.9. The van der Waals surface area contributed by atoms with Crippen molar-refractivity contribution in [2.75, 3.05) is 0 Å². The minimum atomic E-state index is -0.0163. The summed E-state index contributed by atoms with van der Waals surface area (Å²) in [4.78, 5) is 12.2. The maximum atomic E-state index is 12.2. The molecule has 1 fully saturated rings. The van der Waals surface area contributed by atoms with Crippen molar-refractivity contribution in [2.45, 2.75) is 39.2 Å². The standard InChI is InChI=1S/C15H19N5O/c1-15(2)8-7-12(9-15)16-14(21)11-5-3-10(4-6-11)13-17-19-20-18-13/h3-6,12H,7-9H2,1-2H3,(H,16,21)(H,17,18,19,20). The molecule has 1 atom stereocenters. The van der Waals surface area contributed by atoms with E-state index in [9.17, 15) is 4.79 Å². The van der Waals surface area contributed by atoms with E-state index < -0.39 is 0 Å². The van der Waals surface area contributed by atoms with Crippen LogP contribution in [0.15, 0.2) is 24.3 Å². The zero-order valence-corrected chi connectivity index (χ0v) is 12.3. The van der Waals surface area contributed by atoms with Crippen LogP contribution in [0.1, 0.15) is 43.5 Å². The molecule has 2 N–H and O–H groups in total. The largest absolute Gasteiger partial charge is 0.349 e. The summed E-state index contributed by atoms with van der Waals surface area (Å²) in [7, 11) is 0. The minimum Gasteiger partial charge on any atom is -0.349 e. The molecule has 1 heterocycles. The molecule has 6 nitrogen and oxygen atoms in total. The Hall–Kier alpha value is -2.24. The lowest BCUT2D eigenvalue weighted by Gasteiger charge is -2.17. The van der Waals surface area contributed by atoms with Crippen molar-refractivity contribution in [2.24, 2.45) is 5.41 Å². The van der Waals surface area contributed by atoms with E-state index in [2.05, 4.69) is 39.8 Å². The first-order valence-electron chi connectivity index (χ1n) is 7.18. The lowest BCUT2D eigenvalue weighted by Crippen LogP contribution is -2.33. The molecule has 2 aromatic rings. The van der Waals surface area contributed by atoms with E-state index in [0.717, 1.165) is 24.8 Å². The Labute approximate surface area is 123 Å². The monoisotopic (exact) mass is 285 g/mol. The molecular weight excluding hydrogens is 266 g/mol. The molecule has 1 saturated carbocycles. The molecule has 1 aromatic heterocycles. The Kier molecular flexibility index (Phi) is 3.45. The molecule has 1 amide bonds. The van der Waals surface area contributed by atoms with Crippen molar-refractivity contribution < 1.29 is 4.79 Å². The molecule has 6 heteroatoms. The van der Waals surface area contributed by atoms with Gasteiger partial charge in [0, 0.05) is 17.2 Å². The van der Waals surface area contributed by atoms with Crippen LogP contribution in [0.5, 0.6) is 0 Å². The SMILES string of the molecule is CC1(C)CCC(NC(=O)c2ccc(-c3nn[nH]n3)cc2)C1. The number of aromatic amines is 1. The Morgan fingerprint density at radius 2 is 2.10 bits per heavy atom. The maximum absolute atomic E-state index is 12.2. The van der Waals surface area contributed by atoms with Gasteiger partial charge in [-0.3, -0.25) is 4.79 Å². The normalized spacial score (nSPS) is 20.4. The van der Waals surface area contributed by atoms with Gasteiger partial charge in [0.15, 0.2) is 0 Å². The van der Waals surface area contributed by atoms with E-state index in [0.29, 0.717) is 16.8 Å². The fourth-order valence-corrected chi connectivity index (χ4v) is 2.88. The van der Waals surface area contributed by atoms with Crippen LogP contribution in [-0.2, 0) is 0 Å². The lowest BCUT2D eigenvalue weighted by molar-refractivity contribution is 0.0936. The van der Waals surface area contributed by atoms with Gasteiger partial charge < -0.3 is 5.32 Å². The number of benzene rings is 1. The number of rotatable bonds is 3. The molecule has 0 spiro atoms. The number of carbonyl (C=O) groups is 1. The number of tetrazole rings is 1. The Morgan fingerprint density at radius 1 is 1.33 bits per heavy atom. The summed E-state index contributed by atoms with van der Waals surface area (Å²) < 4.78 is 0. The molecule has 0 saturated heterocycles. The van der Waals surface area contributed by atoms with E-state index in [4.69, 9.17) is 0 Å². The first-order valence-corrected chi connectivity index (χ1v) is 7.18. The molecule has 1 aromatic carbocycles. The van der Waals surface area contributed by atoms with Gasteiger partial charge in [-0.15, -0.1) is 10.2 Å². The quantitative estimate of drug-likeness (QED) is 0.905. The van der Waals surface area contributed by atoms with E-state index >= 15 is 0 Å². The summed E-state index contributed by atoms with van der Waals surface area (Å²) in [5.74, 6) is 0.511. The Morgan fingerprint density at radius 3 is 2.67 bits per heavy atom. The van der Waals surface area contributed by atoms with Gasteiger partial charge in [0.1, 0.15) is 0 Å². The average molecular weight is 285 g/mol. The zero-order valence-electron chi connectivity index (χ0n) is 12.3. The summed E-state index contributed by atoms with van der Waals surface area (Å²) in [6.45, 7) is 4.50. The summed E-state index contributed by atoms with van der Waals surface area (Å²) >= 11 is 0. The molecule has 1 aliphatic carbocycles. The third-order valence-electron chi connectivity index (χ3n) is 4.05. The molecular formula is C15H19N5O. The fraction of sp³-hybridized carbons (Fsp3) is 0.467. The molecule has 1 aliphatic rings. The van der Waals surface area contributed by atoms with Crippen LogP contribution in [0, 0.1) is 5.41 Å². The zero-order chi connectivity index (χ0) is 14.9. The van der Waals surface area contributed by atoms with Crippen molar-refractivity contribution in [3.05, 3.63) is 29.8 Å². The van der Waals surface area contributed by atoms with Gasteiger partial charge in [0.2, 0.25) is 5.82 Å². The minimum absolute atomic E-state index is 0.0163. The van der Waals surface area contributed by atoms with Crippen molar-refractivity contribution in [1.82, 2.24) is 25.9 Å². The number of carbonyl (C=O) groups excluding carboxylic acids is 1. The Bertz CT molecular complexity index is 618. The van der Waals surface area contributed by atoms with Crippen LogP contribution in [0.3, 0.4) is 0 Å². The highest BCUT2D eigenvalue weighted by molar-refractivity contribution is 5.94. The van der Waals surface area contributed by atoms with Crippen LogP contribution < -0.4 is 5.32 Å². The van der Waals surface area contributed by atoms with E-state index in [1.54, 1.807) is 12.1 Å². The number of hydrogen-bond acceptors (Lipinski definition) is 4. The molecule has 21 heavy (non-hydrogen) atoms. The highest BCUT2D eigenvalue weighted by Gasteiger charge is 2.31. The molecule has 110 valence electrons. The number of amides is 1. The maximum Gasteiger partial charge on any atom is 0.251 e. The smallest absolute Gasteiger partial charge is 0.251 e. The topological polar surface area (TPSA) is 83.6 Å². The van der Waals surface area contributed by atoms with Crippen molar-refractivity contribution >= 4 is 5.91 Å². The van der Waals surface area contributed by atoms with Gasteiger partial charge in [0.05, 0.1) is 0 Å². The summed E-state index contributed by atoms with van der Waals surface area (Å²) in [6.07, 6.45) is 3.26. The van der Waals surface area contributed by atoms with Crippen LogP contribution in [0.4, 0.5) is 0 Å². The number of hydrogen-bond donors (Lipinski definition) is 2. The fourth-order valence-electron chi connectivity index (χ4n) is 2.88. The van der Waals surface area contributed by atoms with Gasteiger partial charge >= 0.3 is 0 Å². The summed E-state index contributed by atoms with van der Waals surface area (Å²) in [5.41, 5.74) is 1.83. The van der Waals surface area contributed by atoms with Gasteiger partial charge in [-0.2, -0.15) is 5.21 Å². The van der Waals surface area contributed by atoms with E-state index in [-0.39, 0.29) is 11.9 Å². The molecule has 1 unspecified atom stereocenters. The van der Waals surface area contributed by atoms with Gasteiger partial charge in [-0.05, 0) is 42.0 Å². The van der Waals surface area contributed by atoms with Crippen molar-refractivity contribution in [1.29, 1.82) is 0 Å². The number of aromatic nitrogens is 4. The van der Waals surface area contributed by atoms with Gasteiger partial charge in [0.25, 0.3) is 5.91 Å². The van der Waals surface area contributed by atoms with Gasteiger partial charge in [-0.1, -0.05) is 26.0 Å². The van der Waals surface area contributed by atoms with Crippen molar-refractivity contribution in [3.8, 4) is 11.4 Å². The summed E-state index contributed by atoms with van der Waals surface area (Å²) in [6, 6.07) is 7.53. The van der Waals surface area contributed by atoms with E-state index in [1.807, 2.05) is 12.1 Å². The third-order valence-corrected chi connectivity index (χ3v) is 4.05. The molecule has 0 aliphatic heterocycles. The molecule has 3 rings (SSSR count). The van der Waals surface area contributed by atoms with Crippen LogP contribution in [-0.4, -0.2) is 32.6 Å². The van der Waals surface area contributed by atoms with E-state index in [1.165, 1.54) is 0 Å². The second kappa shape index (κ2) is 5.27. The highest BCUT2D eigenvalue weighted by atomic mass is 16.1. The predicted molar refractivity (Wildman–Crippen MR) is 78.5 cm³/mol. The van der Waals surface area contributed by atoms with Gasteiger partial charge in [-0.25, -0.2) is 0 Å². The molecule has 0 bridgehead atoms. The number of H-pyrrole nitrogens is 1. The van der Waals surface area contributed by atoms with Crippen LogP contribution >= 0.6 is 0 Å². The highest BCUT2D eigenvalue weighted by Crippen LogP contribution is 2.36. The average Bonchev–Trinajstić information content (AvgIpc) is 3.09. The molecule has 0 radical (unpaired) electrons. The first-order chi connectivity index (χ1) is 10.0. The lowest BCUT2D eigenvalue weighted by atomic mass is 9.92. The van der Waals surface area contributed by atoms with Crippen LogP contribution in [0.2, 0.25) is 0 Å². The first kappa shape index (κ1) is 13.7. The number of nitrogens with one attached hydrogen (secondary N) is 2. The van der Waals surface area contributed by atoms with Crippen molar-refractivity contribution in [3.63, 3.8) is 0 Å².